The molecule has 0 fully saturated rings. The summed E-state index contributed by atoms with van der Waals surface area (Å²) in [4.78, 5) is 38.9. The maximum Gasteiger partial charge on any atom is 0.268 e. The summed E-state index contributed by atoms with van der Waals surface area (Å²) in [6.45, 7) is 1.92. The predicted octanol–water partition coefficient (Wildman–Crippen LogP) is 3.77. The van der Waals surface area contributed by atoms with E-state index in [2.05, 4.69) is 20.1 Å². The highest BCUT2D eigenvalue weighted by atomic mass is 32.1. The summed E-state index contributed by atoms with van der Waals surface area (Å²) in [6.07, 6.45) is 0. The molecular formula is C22H17N5O3S. The summed E-state index contributed by atoms with van der Waals surface area (Å²) < 4.78 is 5.93. The molecule has 5 rings (SSSR count). The molecule has 0 radical (unpaired) electrons. The van der Waals surface area contributed by atoms with Crippen LogP contribution in [0.25, 0.3) is 32.6 Å². The minimum absolute atomic E-state index is 0.147. The molecule has 0 spiro atoms. The number of carbonyl (C=O) groups excluding carboxylic acids is 1. The van der Waals surface area contributed by atoms with Gasteiger partial charge in [0.1, 0.15) is 10.5 Å². The highest BCUT2D eigenvalue weighted by Gasteiger charge is 2.22. The van der Waals surface area contributed by atoms with Gasteiger partial charge in [0.15, 0.2) is 0 Å². The van der Waals surface area contributed by atoms with E-state index >= 15 is 0 Å². The second-order valence-corrected chi connectivity index (χ2v) is 8.09. The van der Waals surface area contributed by atoms with Gasteiger partial charge in [-0.2, -0.15) is 0 Å². The molecule has 1 amide bonds. The third-order valence-electron chi connectivity index (χ3n) is 5.01. The fourth-order valence-electron chi connectivity index (χ4n) is 3.52. The average Bonchev–Trinajstić information content (AvgIpc) is 3.40. The first-order valence-electron chi connectivity index (χ1n) is 9.55. The second kappa shape index (κ2) is 7.44. The number of benzene rings is 1. The van der Waals surface area contributed by atoms with Crippen LogP contribution >= 0.6 is 11.3 Å². The van der Waals surface area contributed by atoms with Crippen molar-refractivity contribution >= 4 is 38.6 Å². The summed E-state index contributed by atoms with van der Waals surface area (Å²) in [7, 11) is 1.66. The molecule has 0 bridgehead atoms. The number of nitrogens with one attached hydrogen (secondary N) is 1. The lowest BCUT2D eigenvalue weighted by Gasteiger charge is -2.17. The number of aryl methyl sites for hydroxylation is 1. The van der Waals surface area contributed by atoms with E-state index in [0.29, 0.717) is 44.1 Å². The molecular weight excluding hydrogens is 414 g/mol. The number of hydrogen-bond acceptors (Lipinski definition) is 7. The number of hydrogen-bond donors (Lipinski definition) is 1. The van der Waals surface area contributed by atoms with Crippen LogP contribution in [0.5, 0.6) is 0 Å². The topological polar surface area (TPSA) is 105 Å². The number of aromatic amines is 1. The van der Waals surface area contributed by atoms with Crippen molar-refractivity contribution in [2.45, 2.75) is 13.5 Å². The molecule has 1 N–H and O–H groups in total. The van der Waals surface area contributed by atoms with Gasteiger partial charge in [-0.15, -0.1) is 11.3 Å². The number of rotatable bonds is 4. The van der Waals surface area contributed by atoms with Crippen LogP contribution in [0.1, 0.15) is 21.9 Å². The Bertz CT molecular complexity index is 1490. The average molecular weight is 431 g/mol. The molecule has 0 saturated carbocycles. The third kappa shape index (κ3) is 3.38. The highest BCUT2D eigenvalue weighted by molar-refractivity contribution is 7.17. The Morgan fingerprint density at radius 1 is 1.19 bits per heavy atom. The van der Waals surface area contributed by atoms with Gasteiger partial charge in [0, 0.05) is 12.6 Å². The van der Waals surface area contributed by atoms with E-state index in [0.717, 1.165) is 5.56 Å². The van der Waals surface area contributed by atoms with Crippen molar-refractivity contribution < 1.29 is 9.32 Å². The van der Waals surface area contributed by atoms with E-state index in [1.54, 1.807) is 26.1 Å². The van der Waals surface area contributed by atoms with Gasteiger partial charge < -0.3 is 14.4 Å². The third-order valence-corrected chi connectivity index (χ3v) is 5.92. The lowest BCUT2D eigenvalue weighted by Crippen LogP contribution is -2.28. The van der Waals surface area contributed by atoms with Gasteiger partial charge in [-0.05, 0) is 24.4 Å². The van der Waals surface area contributed by atoms with Crippen molar-refractivity contribution in [3.63, 3.8) is 0 Å². The first-order chi connectivity index (χ1) is 15.0. The lowest BCUT2D eigenvalue weighted by molar-refractivity contribution is 0.0783. The molecule has 8 nitrogen and oxygen atoms in total. The van der Waals surface area contributed by atoms with E-state index in [1.807, 2.05) is 35.7 Å². The van der Waals surface area contributed by atoms with Crippen molar-refractivity contribution in [3.05, 3.63) is 75.3 Å². The summed E-state index contributed by atoms with van der Waals surface area (Å²) in [5, 5.41) is 6.38. The summed E-state index contributed by atoms with van der Waals surface area (Å²) in [5.74, 6) is 0.173. The lowest BCUT2D eigenvalue weighted by atomic mass is 10.0. The number of carbonyl (C=O) groups is 1. The van der Waals surface area contributed by atoms with Gasteiger partial charge in [-0.3, -0.25) is 9.59 Å². The zero-order valence-corrected chi connectivity index (χ0v) is 17.6. The van der Waals surface area contributed by atoms with Crippen LogP contribution < -0.4 is 5.56 Å². The van der Waals surface area contributed by atoms with Gasteiger partial charge in [-0.1, -0.05) is 35.5 Å². The minimum atomic E-state index is -0.246. The van der Waals surface area contributed by atoms with Crippen LogP contribution in [0.2, 0.25) is 0 Å². The fourth-order valence-corrected chi connectivity index (χ4v) is 4.24. The Labute approximate surface area is 180 Å². The molecule has 0 aliphatic rings. The zero-order valence-electron chi connectivity index (χ0n) is 16.7. The van der Waals surface area contributed by atoms with Gasteiger partial charge in [0.05, 0.1) is 34.4 Å². The standard InChI is InChI=1S/C22H17N5O3S/c1-12-18-14(10-16(24-21(18)30-26-12)13-6-4-3-5-7-13)22(29)27(2)11-17-23-15-8-9-31-19(15)20(28)25-17/h3-10H,11H2,1-2H3,(H,23,25,28). The van der Waals surface area contributed by atoms with E-state index < -0.39 is 0 Å². The Balaban J connectivity index is 1.54. The molecule has 0 aliphatic heterocycles. The van der Waals surface area contributed by atoms with Crippen molar-refractivity contribution in [2.75, 3.05) is 7.05 Å². The van der Waals surface area contributed by atoms with Crippen LogP contribution in [0, 0.1) is 6.92 Å². The number of pyridine rings is 1. The fraction of sp³-hybridized carbons (Fsp3) is 0.136. The van der Waals surface area contributed by atoms with Crippen molar-refractivity contribution in [2.24, 2.45) is 0 Å². The molecule has 0 atom stereocenters. The van der Waals surface area contributed by atoms with Crippen LogP contribution in [0.15, 0.2) is 57.2 Å². The van der Waals surface area contributed by atoms with E-state index in [1.165, 1.54) is 16.2 Å². The van der Waals surface area contributed by atoms with Gasteiger partial charge in [-0.25, -0.2) is 9.97 Å². The quantitative estimate of drug-likeness (QED) is 0.464. The summed E-state index contributed by atoms with van der Waals surface area (Å²) in [5.41, 5.74) is 3.23. The SMILES string of the molecule is Cc1noc2nc(-c3ccccc3)cc(C(=O)N(C)Cc3nc4ccsc4c(=O)[nH]3)c12. The van der Waals surface area contributed by atoms with Gasteiger partial charge in [0.25, 0.3) is 17.2 Å². The Morgan fingerprint density at radius 2 is 2.00 bits per heavy atom. The monoisotopic (exact) mass is 431 g/mol. The van der Waals surface area contributed by atoms with E-state index in [-0.39, 0.29) is 18.0 Å². The molecule has 0 saturated heterocycles. The number of thiophene rings is 1. The van der Waals surface area contributed by atoms with Gasteiger partial charge >= 0.3 is 0 Å². The van der Waals surface area contributed by atoms with E-state index in [4.69, 9.17) is 4.52 Å². The first kappa shape index (κ1) is 19.1. The van der Waals surface area contributed by atoms with Crippen molar-refractivity contribution in [1.29, 1.82) is 0 Å². The maximum absolute atomic E-state index is 13.4. The Morgan fingerprint density at radius 3 is 2.81 bits per heavy atom. The Hall–Kier alpha value is -3.85. The molecule has 154 valence electrons. The highest BCUT2D eigenvalue weighted by Crippen LogP contribution is 2.28. The maximum atomic E-state index is 13.4. The van der Waals surface area contributed by atoms with Crippen LogP contribution in [-0.2, 0) is 6.54 Å². The first-order valence-corrected chi connectivity index (χ1v) is 10.4. The number of H-pyrrole nitrogens is 1. The van der Waals surface area contributed by atoms with Crippen molar-refractivity contribution in [1.82, 2.24) is 25.0 Å². The number of fused-ring (bicyclic) bond motifs is 2. The summed E-state index contributed by atoms with van der Waals surface area (Å²) >= 11 is 1.34. The van der Waals surface area contributed by atoms with Crippen LogP contribution in [0.3, 0.4) is 0 Å². The molecule has 9 heteroatoms. The minimum Gasteiger partial charge on any atom is -0.335 e. The number of amides is 1. The largest absolute Gasteiger partial charge is 0.335 e. The molecule has 1 aromatic carbocycles. The van der Waals surface area contributed by atoms with Crippen molar-refractivity contribution in [3.8, 4) is 11.3 Å². The molecule has 0 unspecified atom stereocenters. The van der Waals surface area contributed by atoms with E-state index in [9.17, 15) is 9.59 Å². The molecule has 31 heavy (non-hydrogen) atoms. The molecule has 0 aliphatic carbocycles. The molecule has 4 heterocycles. The number of aromatic nitrogens is 4. The number of nitrogens with zero attached hydrogens (tertiary/aromatic N) is 4. The molecule has 5 aromatic rings. The predicted molar refractivity (Wildman–Crippen MR) is 118 cm³/mol. The van der Waals surface area contributed by atoms with Crippen LogP contribution in [0.4, 0.5) is 0 Å². The molecule has 4 aromatic heterocycles. The van der Waals surface area contributed by atoms with Gasteiger partial charge in [0.2, 0.25) is 0 Å². The van der Waals surface area contributed by atoms with Crippen LogP contribution in [-0.4, -0.2) is 38.0 Å². The normalized spacial score (nSPS) is 11.3. The summed E-state index contributed by atoms with van der Waals surface area (Å²) in [6, 6.07) is 13.1. The zero-order chi connectivity index (χ0) is 21.5. The second-order valence-electron chi connectivity index (χ2n) is 7.18. The Kier molecular flexibility index (Phi) is 4.59. The smallest absolute Gasteiger partial charge is 0.268 e.